The van der Waals surface area contributed by atoms with Gasteiger partial charge in [-0.1, -0.05) is 0 Å². The molecule has 0 radical (unpaired) electrons. The summed E-state index contributed by atoms with van der Waals surface area (Å²) in [4.78, 5) is 18.2. The summed E-state index contributed by atoms with van der Waals surface area (Å²) in [5.74, 6) is -3.65. The summed E-state index contributed by atoms with van der Waals surface area (Å²) in [5.41, 5.74) is 0. The molecule has 1 heterocycles. The number of carboxylic acids is 2. The Morgan fingerprint density at radius 3 is 1.67 bits per heavy atom. The van der Waals surface area contributed by atoms with Gasteiger partial charge in [-0.25, -0.2) is 9.59 Å². The van der Waals surface area contributed by atoms with Crippen LogP contribution in [0.3, 0.4) is 0 Å². The molecule has 0 aliphatic carbocycles. The molecule has 10 heteroatoms. The quantitative estimate of drug-likeness (QED) is 0.231. The van der Waals surface area contributed by atoms with Gasteiger partial charge in [0.25, 0.3) is 0 Å². The number of carboxylic acid groups (broad SMARTS) is 2. The van der Waals surface area contributed by atoms with E-state index in [-0.39, 0.29) is 0 Å². The van der Waals surface area contributed by atoms with Gasteiger partial charge in [0.15, 0.2) is 6.29 Å². The van der Waals surface area contributed by atoms with E-state index < -0.39 is 49.3 Å². The van der Waals surface area contributed by atoms with Crippen LogP contribution in [0.5, 0.6) is 0 Å². The van der Waals surface area contributed by atoms with Crippen molar-refractivity contribution in [3.05, 3.63) is 0 Å². The number of ether oxygens (including phenoxy) is 1. The third-order valence-corrected chi connectivity index (χ3v) is 2.05. The second kappa shape index (κ2) is 7.20. The zero-order valence-electron chi connectivity index (χ0n) is 8.95. The molecule has 106 valence electrons. The Morgan fingerprint density at radius 2 is 1.33 bits per heavy atom. The number of carbonyl (C=O) groups is 2. The number of hydrogen-bond acceptors (Lipinski definition) is 8. The molecule has 0 amide bonds. The van der Waals surface area contributed by atoms with E-state index in [9.17, 15) is 0 Å². The Morgan fingerprint density at radius 1 is 0.889 bits per heavy atom. The first-order valence-corrected chi connectivity index (χ1v) is 4.67. The predicted octanol–water partition coefficient (Wildman–Crippen LogP) is -4.07. The van der Waals surface area contributed by atoms with Crippen LogP contribution in [-0.4, -0.2) is 85.0 Å². The summed E-state index contributed by atoms with van der Waals surface area (Å²) in [7, 11) is 0. The van der Waals surface area contributed by atoms with Gasteiger partial charge < -0.3 is 40.5 Å². The molecule has 0 saturated carbocycles. The van der Waals surface area contributed by atoms with Crippen molar-refractivity contribution in [1.29, 1.82) is 0 Å². The molecule has 0 spiro atoms. The van der Waals surface area contributed by atoms with Crippen LogP contribution in [0, 0.1) is 0 Å². The van der Waals surface area contributed by atoms with Crippen molar-refractivity contribution in [2.45, 2.75) is 30.7 Å². The molecule has 1 saturated heterocycles. The van der Waals surface area contributed by atoms with Gasteiger partial charge in [0.05, 0.1) is 6.61 Å². The van der Waals surface area contributed by atoms with Crippen LogP contribution in [0.25, 0.3) is 0 Å². The first-order chi connectivity index (χ1) is 8.22. The first-order valence-electron chi connectivity index (χ1n) is 4.67. The molecule has 1 fully saturated rings. The second-order valence-corrected chi connectivity index (χ2v) is 3.33. The summed E-state index contributed by atoms with van der Waals surface area (Å²) in [5, 5.41) is 59.4. The van der Waals surface area contributed by atoms with E-state index in [0.29, 0.717) is 0 Å². The van der Waals surface area contributed by atoms with Gasteiger partial charge in [0.2, 0.25) is 0 Å². The van der Waals surface area contributed by atoms with E-state index >= 15 is 0 Å². The summed E-state index contributed by atoms with van der Waals surface area (Å²) in [6.45, 7) is -0.526. The molecule has 7 N–H and O–H groups in total. The van der Waals surface area contributed by atoms with Crippen molar-refractivity contribution in [3.8, 4) is 0 Å². The minimum atomic E-state index is -1.82. The second-order valence-electron chi connectivity index (χ2n) is 3.33. The molecule has 5 atom stereocenters. The third-order valence-electron chi connectivity index (χ3n) is 2.05. The van der Waals surface area contributed by atoms with Gasteiger partial charge in [-0.05, 0) is 0 Å². The highest BCUT2D eigenvalue weighted by Gasteiger charge is 2.42. The number of hydrogen-bond donors (Lipinski definition) is 7. The maximum Gasteiger partial charge on any atom is 0.414 e. The maximum atomic E-state index is 9.12. The SMILES string of the molecule is O=C(O)C(=O)O.OC[C@H]1O[C@@H](O)[C@H](O)[C@H](O)[C@H]1O. The summed E-state index contributed by atoms with van der Waals surface area (Å²) in [6, 6.07) is 0. The van der Waals surface area contributed by atoms with Gasteiger partial charge in [0.1, 0.15) is 24.4 Å². The Kier molecular flexibility index (Phi) is 6.68. The third kappa shape index (κ3) is 4.52. The van der Waals surface area contributed by atoms with Crippen LogP contribution in [-0.2, 0) is 14.3 Å². The first kappa shape index (κ1) is 16.7. The van der Waals surface area contributed by atoms with Crippen LogP contribution in [0.4, 0.5) is 0 Å². The highest BCUT2D eigenvalue weighted by molar-refractivity contribution is 6.27. The summed E-state index contributed by atoms with van der Waals surface area (Å²) < 4.78 is 4.58. The van der Waals surface area contributed by atoms with E-state index in [0.717, 1.165) is 0 Å². The Hall–Kier alpha value is -1.30. The van der Waals surface area contributed by atoms with Crippen LogP contribution in [0.1, 0.15) is 0 Å². The standard InChI is InChI=1S/C6H12O6.C2H2O4/c7-1-2-3(8)4(9)5(10)6(11)12-2;3-1(4)2(5)6/h2-11H,1H2;(H,3,4)(H,5,6)/t2-,3+,4-,5-,6-;/m1./s1. The van der Waals surface area contributed by atoms with Crippen LogP contribution in [0.15, 0.2) is 0 Å². The topological polar surface area (TPSA) is 185 Å². The number of aliphatic hydroxyl groups is 5. The predicted molar refractivity (Wildman–Crippen MR) is 51.3 cm³/mol. The Bertz CT molecular complexity index is 275. The molecule has 18 heavy (non-hydrogen) atoms. The lowest BCUT2D eigenvalue weighted by atomic mass is 10.00. The smallest absolute Gasteiger partial charge is 0.414 e. The Balaban J connectivity index is 0.000000411. The van der Waals surface area contributed by atoms with Crippen molar-refractivity contribution < 1.29 is 50.1 Å². The zero-order valence-corrected chi connectivity index (χ0v) is 8.95. The van der Waals surface area contributed by atoms with Crippen LogP contribution < -0.4 is 0 Å². The normalized spacial score (nSPS) is 35.3. The molecule has 1 aliphatic heterocycles. The highest BCUT2D eigenvalue weighted by Crippen LogP contribution is 2.18. The van der Waals surface area contributed by atoms with E-state index in [4.69, 9.17) is 45.3 Å². The van der Waals surface area contributed by atoms with Crippen molar-refractivity contribution in [2.24, 2.45) is 0 Å². The van der Waals surface area contributed by atoms with Crippen molar-refractivity contribution in [2.75, 3.05) is 6.61 Å². The van der Waals surface area contributed by atoms with E-state index in [1.54, 1.807) is 0 Å². The van der Waals surface area contributed by atoms with Gasteiger partial charge in [-0.3, -0.25) is 0 Å². The van der Waals surface area contributed by atoms with E-state index in [1.807, 2.05) is 0 Å². The average molecular weight is 270 g/mol. The molecular weight excluding hydrogens is 256 g/mol. The molecule has 0 bridgehead atoms. The van der Waals surface area contributed by atoms with E-state index in [1.165, 1.54) is 0 Å². The maximum absolute atomic E-state index is 9.12. The fourth-order valence-corrected chi connectivity index (χ4v) is 1.08. The summed E-state index contributed by atoms with van der Waals surface area (Å²) >= 11 is 0. The molecule has 0 aromatic carbocycles. The summed E-state index contributed by atoms with van der Waals surface area (Å²) in [6.07, 6.45) is -7.04. The van der Waals surface area contributed by atoms with Crippen molar-refractivity contribution in [3.63, 3.8) is 0 Å². The minimum Gasteiger partial charge on any atom is -0.473 e. The van der Waals surface area contributed by atoms with Crippen molar-refractivity contribution in [1.82, 2.24) is 0 Å². The van der Waals surface area contributed by atoms with Gasteiger partial charge in [-0.15, -0.1) is 0 Å². The number of aliphatic hydroxyl groups excluding tert-OH is 5. The fraction of sp³-hybridized carbons (Fsp3) is 0.750. The number of rotatable bonds is 1. The molecule has 0 aromatic heterocycles. The molecule has 0 unspecified atom stereocenters. The Labute approximate surface area is 100 Å². The fourth-order valence-electron chi connectivity index (χ4n) is 1.08. The van der Waals surface area contributed by atoms with Gasteiger partial charge in [-0.2, -0.15) is 0 Å². The molecule has 1 rings (SSSR count). The monoisotopic (exact) mass is 270 g/mol. The van der Waals surface area contributed by atoms with Crippen LogP contribution >= 0.6 is 0 Å². The zero-order chi connectivity index (χ0) is 14.5. The van der Waals surface area contributed by atoms with Crippen LogP contribution in [0.2, 0.25) is 0 Å². The minimum absolute atomic E-state index is 0.526. The molecule has 1 aliphatic rings. The molecular formula is C8H14O10. The molecule has 0 aromatic rings. The lowest BCUT2D eigenvalue weighted by Gasteiger charge is -2.37. The van der Waals surface area contributed by atoms with Gasteiger partial charge >= 0.3 is 11.9 Å². The average Bonchev–Trinajstić information content (AvgIpc) is 2.31. The van der Waals surface area contributed by atoms with Gasteiger partial charge in [0, 0.05) is 0 Å². The lowest BCUT2D eigenvalue weighted by Crippen LogP contribution is -2.58. The molecule has 10 nitrogen and oxygen atoms in total. The highest BCUT2D eigenvalue weighted by atomic mass is 16.6. The van der Waals surface area contributed by atoms with Crippen molar-refractivity contribution >= 4 is 11.9 Å². The lowest BCUT2D eigenvalue weighted by molar-refractivity contribution is -0.286. The van der Waals surface area contributed by atoms with E-state index in [2.05, 4.69) is 4.74 Å². The number of aliphatic carboxylic acids is 2. The largest absolute Gasteiger partial charge is 0.473 e.